The molecule has 0 saturated carbocycles. The minimum Gasteiger partial charge on any atom is -0.297 e. The molecule has 0 saturated heterocycles. The first-order valence-electron chi connectivity index (χ1n) is 7.33. The lowest BCUT2D eigenvalue weighted by molar-refractivity contribution is -0.118. The molecule has 4 heteroatoms. The van der Waals surface area contributed by atoms with Crippen molar-refractivity contribution in [2.75, 3.05) is 11.4 Å². The number of aryl methyl sites for hydroxylation is 1. The van der Waals surface area contributed by atoms with E-state index in [0.29, 0.717) is 6.42 Å². The third kappa shape index (κ3) is 4.62. The van der Waals surface area contributed by atoms with Crippen molar-refractivity contribution in [3.8, 4) is 0 Å². The first-order chi connectivity index (χ1) is 9.24. The van der Waals surface area contributed by atoms with E-state index in [2.05, 4.69) is 23.8 Å². The fourth-order valence-electron chi connectivity index (χ4n) is 2.05. The van der Waals surface area contributed by atoms with E-state index in [1.807, 2.05) is 18.0 Å². The summed E-state index contributed by atoms with van der Waals surface area (Å²) in [6, 6.07) is 0. The van der Waals surface area contributed by atoms with E-state index >= 15 is 0 Å². The maximum atomic E-state index is 12.3. The van der Waals surface area contributed by atoms with Gasteiger partial charge in [-0.1, -0.05) is 33.6 Å². The number of hydrogen-bond acceptors (Lipinski definition) is 3. The zero-order chi connectivity index (χ0) is 14.1. The first kappa shape index (κ1) is 15.6. The normalized spacial score (nSPS) is 10.5. The fraction of sp³-hybridized carbons (Fsp3) is 0.667. The smallest absolute Gasteiger partial charge is 0.228 e. The van der Waals surface area contributed by atoms with Gasteiger partial charge in [0.25, 0.3) is 0 Å². The van der Waals surface area contributed by atoms with E-state index in [1.165, 1.54) is 6.33 Å². The molecule has 0 spiro atoms. The average molecular weight is 263 g/mol. The lowest BCUT2D eigenvalue weighted by atomic mass is 10.1. The van der Waals surface area contributed by atoms with Crippen LogP contribution in [0.25, 0.3) is 0 Å². The highest BCUT2D eigenvalue weighted by Gasteiger charge is 2.18. The van der Waals surface area contributed by atoms with Crippen LogP contribution in [-0.4, -0.2) is 22.4 Å². The average Bonchev–Trinajstić information content (AvgIpc) is 2.41. The zero-order valence-corrected chi connectivity index (χ0v) is 12.4. The summed E-state index contributed by atoms with van der Waals surface area (Å²) < 4.78 is 0. The van der Waals surface area contributed by atoms with Gasteiger partial charge in [-0.3, -0.25) is 9.69 Å². The number of unbranched alkanes of at least 4 members (excludes halogenated alkanes) is 1. The molecule has 4 nitrogen and oxygen atoms in total. The number of aromatic nitrogens is 2. The van der Waals surface area contributed by atoms with Crippen LogP contribution in [0.15, 0.2) is 12.5 Å². The van der Waals surface area contributed by atoms with Crippen molar-refractivity contribution in [2.24, 2.45) is 0 Å². The molecule has 0 aliphatic heterocycles. The van der Waals surface area contributed by atoms with Gasteiger partial charge in [-0.05, 0) is 19.3 Å². The monoisotopic (exact) mass is 263 g/mol. The Kier molecular flexibility index (Phi) is 7.08. The largest absolute Gasteiger partial charge is 0.297 e. The van der Waals surface area contributed by atoms with Crippen molar-refractivity contribution in [3.63, 3.8) is 0 Å². The number of anilines is 1. The number of carbonyl (C=O) groups is 1. The Balaban J connectivity index is 2.98. The first-order valence-corrected chi connectivity index (χ1v) is 7.33. The molecule has 0 radical (unpaired) electrons. The maximum absolute atomic E-state index is 12.3. The number of nitrogens with zero attached hydrogens (tertiary/aromatic N) is 3. The molecule has 1 aromatic rings. The summed E-state index contributed by atoms with van der Waals surface area (Å²) in [6.45, 7) is 7.04. The lowest BCUT2D eigenvalue weighted by Crippen LogP contribution is -2.33. The lowest BCUT2D eigenvalue weighted by Gasteiger charge is -2.23. The quantitative estimate of drug-likeness (QED) is 0.722. The van der Waals surface area contributed by atoms with E-state index in [4.69, 9.17) is 0 Å². The molecule has 1 rings (SSSR count). The van der Waals surface area contributed by atoms with Gasteiger partial charge in [-0.15, -0.1) is 0 Å². The van der Waals surface area contributed by atoms with Gasteiger partial charge >= 0.3 is 0 Å². The zero-order valence-electron chi connectivity index (χ0n) is 12.4. The summed E-state index contributed by atoms with van der Waals surface area (Å²) in [5.74, 6) is 0.982. The minimum atomic E-state index is 0.173. The highest BCUT2D eigenvalue weighted by molar-refractivity contribution is 5.92. The van der Waals surface area contributed by atoms with Crippen LogP contribution in [-0.2, 0) is 11.2 Å². The molecule has 0 N–H and O–H groups in total. The Labute approximate surface area is 116 Å². The molecule has 0 aliphatic carbocycles. The van der Waals surface area contributed by atoms with Crippen molar-refractivity contribution >= 4 is 11.7 Å². The summed E-state index contributed by atoms with van der Waals surface area (Å²) in [6.07, 6.45) is 8.85. The van der Waals surface area contributed by atoms with Crippen LogP contribution in [0.2, 0.25) is 0 Å². The van der Waals surface area contributed by atoms with Crippen LogP contribution < -0.4 is 4.90 Å². The van der Waals surface area contributed by atoms with Gasteiger partial charge in [-0.2, -0.15) is 0 Å². The van der Waals surface area contributed by atoms with Gasteiger partial charge in [0.1, 0.15) is 12.1 Å². The molecule has 0 aliphatic rings. The standard InChI is InChI=1S/C15H25N3O/c1-4-7-10-18(14(19)9-6-3)15-13(8-5-2)11-16-12-17-15/h11-12H,4-10H2,1-3H3. The highest BCUT2D eigenvalue weighted by Crippen LogP contribution is 2.19. The molecular formula is C15H25N3O. The van der Waals surface area contributed by atoms with E-state index in [0.717, 1.165) is 50.0 Å². The molecule has 1 amide bonds. The summed E-state index contributed by atoms with van der Waals surface area (Å²) in [7, 11) is 0. The Morgan fingerprint density at radius 3 is 2.63 bits per heavy atom. The molecule has 106 valence electrons. The van der Waals surface area contributed by atoms with Crippen molar-refractivity contribution in [1.29, 1.82) is 0 Å². The van der Waals surface area contributed by atoms with Crippen LogP contribution in [0.5, 0.6) is 0 Å². The van der Waals surface area contributed by atoms with Crippen LogP contribution in [0.3, 0.4) is 0 Å². The van der Waals surface area contributed by atoms with Crippen LogP contribution in [0, 0.1) is 0 Å². The summed E-state index contributed by atoms with van der Waals surface area (Å²) in [5.41, 5.74) is 1.07. The van der Waals surface area contributed by atoms with E-state index in [1.54, 1.807) is 0 Å². The van der Waals surface area contributed by atoms with Gasteiger partial charge < -0.3 is 0 Å². The molecule has 0 aromatic carbocycles. The molecule has 0 bridgehead atoms. The van der Waals surface area contributed by atoms with E-state index in [-0.39, 0.29) is 5.91 Å². The molecule has 1 aromatic heterocycles. The number of amides is 1. The number of rotatable bonds is 8. The second-order valence-electron chi connectivity index (χ2n) is 4.77. The Bertz CT molecular complexity index is 393. The molecule has 19 heavy (non-hydrogen) atoms. The minimum absolute atomic E-state index is 0.173. The Morgan fingerprint density at radius 2 is 2.00 bits per heavy atom. The van der Waals surface area contributed by atoms with Gasteiger partial charge in [0.05, 0.1) is 0 Å². The topological polar surface area (TPSA) is 46.1 Å². The van der Waals surface area contributed by atoms with E-state index < -0.39 is 0 Å². The van der Waals surface area contributed by atoms with Crippen LogP contribution in [0.1, 0.15) is 58.4 Å². The van der Waals surface area contributed by atoms with Crippen LogP contribution >= 0.6 is 0 Å². The Morgan fingerprint density at radius 1 is 1.21 bits per heavy atom. The summed E-state index contributed by atoms with van der Waals surface area (Å²) >= 11 is 0. The predicted molar refractivity (Wildman–Crippen MR) is 78.2 cm³/mol. The number of hydrogen-bond donors (Lipinski definition) is 0. The van der Waals surface area contributed by atoms with Crippen molar-refractivity contribution in [3.05, 3.63) is 18.1 Å². The molecular weight excluding hydrogens is 238 g/mol. The summed E-state index contributed by atoms with van der Waals surface area (Å²) in [5, 5.41) is 0. The highest BCUT2D eigenvalue weighted by atomic mass is 16.2. The van der Waals surface area contributed by atoms with Crippen molar-refractivity contribution < 1.29 is 4.79 Å². The molecule has 0 fully saturated rings. The van der Waals surface area contributed by atoms with Crippen molar-refractivity contribution in [2.45, 2.75) is 59.3 Å². The predicted octanol–water partition coefficient (Wildman–Crippen LogP) is 3.36. The van der Waals surface area contributed by atoms with Crippen LogP contribution in [0.4, 0.5) is 5.82 Å². The molecule has 0 unspecified atom stereocenters. The van der Waals surface area contributed by atoms with Gasteiger partial charge in [0, 0.05) is 24.7 Å². The third-order valence-corrected chi connectivity index (χ3v) is 3.04. The fourth-order valence-corrected chi connectivity index (χ4v) is 2.05. The van der Waals surface area contributed by atoms with Crippen molar-refractivity contribution in [1.82, 2.24) is 9.97 Å². The number of carbonyl (C=O) groups excluding carboxylic acids is 1. The molecule has 0 atom stereocenters. The second-order valence-corrected chi connectivity index (χ2v) is 4.77. The maximum Gasteiger partial charge on any atom is 0.228 e. The molecule has 1 heterocycles. The van der Waals surface area contributed by atoms with Gasteiger partial charge in [-0.25, -0.2) is 9.97 Å². The summed E-state index contributed by atoms with van der Waals surface area (Å²) in [4.78, 5) is 22.5. The third-order valence-electron chi connectivity index (χ3n) is 3.04. The Hall–Kier alpha value is -1.45. The second kappa shape index (κ2) is 8.62. The van der Waals surface area contributed by atoms with E-state index in [9.17, 15) is 4.79 Å². The van der Waals surface area contributed by atoms with Gasteiger partial charge in [0.2, 0.25) is 5.91 Å². The SMILES string of the molecule is CCCCN(C(=O)CCC)c1ncncc1CCC. The van der Waals surface area contributed by atoms with Gasteiger partial charge in [0.15, 0.2) is 0 Å².